The van der Waals surface area contributed by atoms with E-state index in [0.717, 1.165) is 42.2 Å². The molecule has 1 heterocycles. The summed E-state index contributed by atoms with van der Waals surface area (Å²) in [7, 11) is 0. The number of anilines is 1. The molecule has 100 valence electrons. The zero-order valence-electron chi connectivity index (χ0n) is 9.76. The largest absolute Gasteiger partial charge is 0.416 e. The Bertz CT molecular complexity index is 414. The summed E-state index contributed by atoms with van der Waals surface area (Å²) in [6.07, 6.45) is -2.05. The normalized spacial score (nSPS) is 20.3. The molecule has 2 rings (SSSR count). The maximum atomic E-state index is 12.5. The third-order valence-corrected chi connectivity index (χ3v) is 4.19. The summed E-state index contributed by atoms with van der Waals surface area (Å²) in [6, 6.07) is 3.99. The average Bonchev–Trinajstić information content (AvgIpc) is 2.79. The van der Waals surface area contributed by atoms with E-state index in [0.29, 0.717) is 6.04 Å². The number of alkyl halides is 3. The van der Waals surface area contributed by atoms with Crippen molar-refractivity contribution in [2.45, 2.75) is 30.0 Å². The summed E-state index contributed by atoms with van der Waals surface area (Å²) < 4.78 is 37.4. The van der Waals surface area contributed by atoms with Crippen LogP contribution in [0.5, 0.6) is 0 Å². The molecule has 1 aliphatic heterocycles. The minimum Gasteiger partial charge on any atom is -0.398 e. The molecule has 3 N–H and O–H groups in total. The molecule has 0 bridgehead atoms. The van der Waals surface area contributed by atoms with E-state index in [-0.39, 0.29) is 5.69 Å². The first-order valence-corrected chi connectivity index (χ1v) is 6.78. The first-order valence-electron chi connectivity index (χ1n) is 5.80. The molecule has 1 fully saturated rings. The van der Waals surface area contributed by atoms with Crippen LogP contribution in [0.1, 0.15) is 18.4 Å². The molecule has 1 saturated heterocycles. The number of halogens is 3. The number of hydrogen-bond acceptors (Lipinski definition) is 3. The number of nitrogen functional groups attached to an aromatic ring is 1. The third kappa shape index (κ3) is 3.32. The molecule has 0 aromatic heterocycles. The predicted octanol–water partition coefficient (Wildman–Crippen LogP) is 3.13. The highest BCUT2D eigenvalue weighted by molar-refractivity contribution is 7.99. The molecule has 1 aliphatic rings. The van der Waals surface area contributed by atoms with Gasteiger partial charge in [-0.25, -0.2) is 0 Å². The van der Waals surface area contributed by atoms with Crippen molar-refractivity contribution in [2.75, 3.05) is 18.0 Å². The van der Waals surface area contributed by atoms with Crippen LogP contribution in [-0.4, -0.2) is 18.3 Å². The lowest BCUT2D eigenvalue weighted by molar-refractivity contribution is -0.137. The smallest absolute Gasteiger partial charge is 0.398 e. The van der Waals surface area contributed by atoms with Crippen molar-refractivity contribution in [3.63, 3.8) is 0 Å². The van der Waals surface area contributed by atoms with E-state index >= 15 is 0 Å². The summed E-state index contributed by atoms with van der Waals surface area (Å²) in [5.41, 5.74) is 5.17. The average molecular weight is 276 g/mol. The Morgan fingerprint density at radius 3 is 2.72 bits per heavy atom. The number of thioether (sulfide) groups is 1. The Hall–Kier alpha value is -0.880. The summed E-state index contributed by atoms with van der Waals surface area (Å²) in [5.74, 6) is 0.843. The maximum absolute atomic E-state index is 12.5. The number of hydrogen-bond donors (Lipinski definition) is 2. The molecule has 18 heavy (non-hydrogen) atoms. The first-order chi connectivity index (χ1) is 8.47. The van der Waals surface area contributed by atoms with E-state index in [9.17, 15) is 13.2 Å². The standard InChI is InChI=1S/C12H15F3N2S/c13-12(14,15)8-3-4-11(10(16)6-8)18-7-9-2-1-5-17-9/h3-4,6,9,17H,1-2,5,7,16H2/t9-/m1/s1. The lowest BCUT2D eigenvalue weighted by Crippen LogP contribution is -2.23. The van der Waals surface area contributed by atoms with E-state index < -0.39 is 11.7 Å². The monoisotopic (exact) mass is 276 g/mol. The Morgan fingerprint density at radius 1 is 1.39 bits per heavy atom. The highest BCUT2D eigenvalue weighted by Gasteiger charge is 2.30. The molecule has 1 atom stereocenters. The molecule has 0 radical (unpaired) electrons. The number of rotatable bonds is 3. The van der Waals surface area contributed by atoms with Crippen LogP contribution in [-0.2, 0) is 6.18 Å². The quantitative estimate of drug-likeness (QED) is 0.658. The Kier molecular flexibility index (Phi) is 4.07. The molecule has 0 saturated carbocycles. The van der Waals surface area contributed by atoms with Crippen LogP contribution in [0.25, 0.3) is 0 Å². The van der Waals surface area contributed by atoms with Crippen molar-refractivity contribution in [3.05, 3.63) is 23.8 Å². The van der Waals surface area contributed by atoms with Gasteiger partial charge in [0.25, 0.3) is 0 Å². The van der Waals surface area contributed by atoms with Gasteiger partial charge in [0.2, 0.25) is 0 Å². The lowest BCUT2D eigenvalue weighted by atomic mass is 10.2. The van der Waals surface area contributed by atoms with Gasteiger partial charge in [0.15, 0.2) is 0 Å². The highest BCUT2D eigenvalue weighted by atomic mass is 32.2. The lowest BCUT2D eigenvalue weighted by Gasteiger charge is -2.13. The van der Waals surface area contributed by atoms with Crippen LogP contribution in [0.2, 0.25) is 0 Å². The van der Waals surface area contributed by atoms with E-state index in [2.05, 4.69) is 5.32 Å². The molecule has 0 aliphatic carbocycles. The number of benzene rings is 1. The topological polar surface area (TPSA) is 38.0 Å². The van der Waals surface area contributed by atoms with Crippen LogP contribution in [0, 0.1) is 0 Å². The summed E-state index contributed by atoms with van der Waals surface area (Å²) in [5, 5.41) is 3.34. The summed E-state index contributed by atoms with van der Waals surface area (Å²) in [4.78, 5) is 0.719. The molecular formula is C12H15F3N2S. The van der Waals surface area contributed by atoms with Crippen LogP contribution in [0.15, 0.2) is 23.1 Å². The van der Waals surface area contributed by atoms with Crippen molar-refractivity contribution >= 4 is 17.4 Å². The molecule has 1 aromatic carbocycles. The van der Waals surface area contributed by atoms with Gasteiger partial charge in [-0.1, -0.05) is 0 Å². The van der Waals surface area contributed by atoms with Gasteiger partial charge in [-0.05, 0) is 37.6 Å². The van der Waals surface area contributed by atoms with E-state index in [1.165, 1.54) is 17.8 Å². The first kappa shape index (κ1) is 13.5. The third-order valence-electron chi connectivity index (χ3n) is 2.94. The fourth-order valence-electron chi connectivity index (χ4n) is 1.95. The van der Waals surface area contributed by atoms with E-state index in [1.54, 1.807) is 0 Å². The van der Waals surface area contributed by atoms with Crippen LogP contribution >= 0.6 is 11.8 Å². The predicted molar refractivity (Wildman–Crippen MR) is 67.6 cm³/mol. The molecule has 6 heteroatoms. The van der Waals surface area contributed by atoms with E-state index in [1.807, 2.05) is 0 Å². The second kappa shape index (κ2) is 5.40. The van der Waals surface area contributed by atoms with Gasteiger partial charge in [-0.2, -0.15) is 13.2 Å². The highest BCUT2D eigenvalue weighted by Crippen LogP contribution is 2.34. The number of nitrogens with one attached hydrogen (secondary N) is 1. The Labute approximate surface area is 108 Å². The second-order valence-electron chi connectivity index (χ2n) is 4.35. The molecule has 2 nitrogen and oxygen atoms in total. The van der Waals surface area contributed by atoms with Crippen LogP contribution in [0.4, 0.5) is 18.9 Å². The van der Waals surface area contributed by atoms with Gasteiger partial charge in [0, 0.05) is 22.4 Å². The second-order valence-corrected chi connectivity index (χ2v) is 5.42. The maximum Gasteiger partial charge on any atom is 0.416 e. The minimum absolute atomic E-state index is 0.202. The van der Waals surface area contributed by atoms with Crippen molar-refractivity contribution in [1.82, 2.24) is 5.32 Å². The zero-order chi connectivity index (χ0) is 13.2. The van der Waals surface area contributed by atoms with Crippen molar-refractivity contribution in [2.24, 2.45) is 0 Å². The molecule has 0 amide bonds. The Balaban J connectivity index is 2.01. The Morgan fingerprint density at radius 2 is 2.17 bits per heavy atom. The summed E-state index contributed by atoms with van der Waals surface area (Å²) in [6.45, 7) is 1.02. The SMILES string of the molecule is Nc1cc(C(F)(F)F)ccc1SC[C@H]1CCCN1. The van der Waals surface area contributed by atoms with Crippen LogP contribution in [0.3, 0.4) is 0 Å². The van der Waals surface area contributed by atoms with Gasteiger partial charge in [0.1, 0.15) is 0 Å². The fraction of sp³-hybridized carbons (Fsp3) is 0.500. The van der Waals surface area contributed by atoms with Crippen molar-refractivity contribution < 1.29 is 13.2 Å². The van der Waals surface area contributed by atoms with Crippen molar-refractivity contribution in [3.8, 4) is 0 Å². The summed E-state index contributed by atoms with van der Waals surface area (Å²) >= 11 is 1.51. The van der Waals surface area contributed by atoms with Gasteiger partial charge in [-0.15, -0.1) is 11.8 Å². The van der Waals surface area contributed by atoms with Gasteiger partial charge in [-0.3, -0.25) is 0 Å². The molecule has 1 aromatic rings. The fourth-order valence-corrected chi connectivity index (χ4v) is 3.00. The van der Waals surface area contributed by atoms with E-state index in [4.69, 9.17) is 5.73 Å². The zero-order valence-corrected chi connectivity index (χ0v) is 10.6. The van der Waals surface area contributed by atoms with Gasteiger partial charge >= 0.3 is 6.18 Å². The number of nitrogens with two attached hydrogens (primary N) is 1. The van der Waals surface area contributed by atoms with Gasteiger partial charge < -0.3 is 11.1 Å². The molecule has 0 unspecified atom stereocenters. The van der Waals surface area contributed by atoms with Crippen molar-refractivity contribution in [1.29, 1.82) is 0 Å². The molecular weight excluding hydrogens is 261 g/mol. The molecule has 0 spiro atoms. The minimum atomic E-state index is -4.33. The van der Waals surface area contributed by atoms with Gasteiger partial charge in [0.05, 0.1) is 5.56 Å². The van der Waals surface area contributed by atoms with Crippen LogP contribution < -0.4 is 11.1 Å².